The molecule has 0 unspecified atom stereocenters. The van der Waals surface area contributed by atoms with Gasteiger partial charge in [-0.15, -0.1) is 0 Å². The summed E-state index contributed by atoms with van der Waals surface area (Å²) in [6.45, 7) is 2.28. The van der Waals surface area contributed by atoms with Crippen LogP contribution in [-0.2, 0) is 14.8 Å². The van der Waals surface area contributed by atoms with Crippen LogP contribution in [0, 0.1) is 0 Å². The highest BCUT2D eigenvalue weighted by Crippen LogP contribution is 2.19. The first-order valence-corrected chi connectivity index (χ1v) is 9.45. The zero-order valence-corrected chi connectivity index (χ0v) is 15.7. The third-order valence-electron chi connectivity index (χ3n) is 3.40. The summed E-state index contributed by atoms with van der Waals surface area (Å²) in [6.07, 6.45) is 0. The number of amides is 1. The van der Waals surface area contributed by atoms with Gasteiger partial charge in [-0.1, -0.05) is 6.07 Å². The number of rotatable bonds is 8. The van der Waals surface area contributed by atoms with E-state index in [0.717, 1.165) is 10.1 Å². The van der Waals surface area contributed by atoms with Crippen LogP contribution >= 0.6 is 0 Å². The van der Waals surface area contributed by atoms with E-state index < -0.39 is 15.9 Å². The van der Waals surface area contributed by atoms with Crippen LogP contribution in [0.15, 0.2) is 53.4 Å². The molecule has 0 atom stereocenters. The number of sulfonamides is 1. The van der Waals surface area contributed by atoms with Crippen molar-refractivity contribution in [3.8, 4) is 11.5 Å². The Balaban J connectivity index is 1.95. The Bertz CT molecular complexity index is 848. The van der Waals surface area contributed by atoms with Gasteiger partial charge in [0, 0.05) is 19.8 Å². The fraction of sp³-hybridized carbons (Fsp3) is 0.278. The molecule has 8 heteroatoms. The van der Waals surface area contributed by atoms with Crippen molar-refractivity contribution in [2.75, 3.05) is 32.6 Å². The van der Waals surface area contributed by atoms with Crippen LogP contribution in [-0.4, -0.2) is 45.9 Å². The van der Waals surface area contributed by atoms with Gasteiger partial charge < -0.3 is 14.8 Å². The van der Waals surface area contributed by atoms with E-state index in [2.05, 4.69) is 5.32 Å². The smallest absolute Gasteiger partial charge is 0.262 e. The third kappa shape index (κ3) is 5.21. The molecule has 2 aromatic rings. The van der Waals surface area contributed by atoms with E-state index in [0.29, 0.717) is 18.0 Å². The number of benzene rings is 2. The lowest BCUT2D eigenvalue weighted by atomic mass is 10.3. The molecule has 0 saturated heterocycles. The van der Waals surface area contributed by atoms with Gasteiger partial charge in [0.05, 0.1) is 11.5 Å². The van der Waals surface area contributed by atoms with Gasteiger partial charge >= 0.3 is 0 Å². The van der Waals surface area contributed by atoms with Gasteiger partial charge in [-0.3, -0.25) is 4.79 Å². The summed E-state index contributed by atoms with van der Waals surface area (Å²) < 4.78 is 36.1. The SMILES string of the molecule is CCOc1ccc(OCC(=O)Nc2cccc(S(=O)(=O)N(C)C)c2)cc1. The van der Waals surface area contributed by atoms with Crippen LogP contribution in [0.4, 0.5) is 5.69 Å². The lowest BCUT2D eigenvalue weighted by molar-refractivity contribution is -0.118. The third-order valence-corrected chi connectivity index (χ3v) is 5.21. The van der Waals surface area contributed by atoms with Gasteiger partial charge in [0.1, 0.15) is 11.5 Å². The van der Waals surface area contributed by atoms with Crippen LogP contribution in [0.5, 0.6) is 11.5 Å². The number of nitrogens with zero attached hydrogens (tertiary/aromatic N) is 1. The number of ether oxygens (including phenoxy) is 2. The molecule has 0 saturated carbocycles. The largest absolute Gasteiger partial charge is 0.494 e. The molecule has 0 fully saturated rings. The Hall–Kier alpha value is -2.58. The molecule has 140 valence electrons. The molecule has 2 aromatic carbocycles. The average molecular weight is 378 g/mol. The summed E-state index contributed by atoms with van der Waals surface area (Å²) in [7, 11) is -0.661. The highest BCUT2D eigenvalue weighted by molar-refractivity contribution is 7.89. The zero-order valence-electron chi connectivity index (χ0n) is 14.9. The van der Waals surface area contributed by atoms with Crippen LogP contribution in [0.25, 0.3) is 0 Å². The van der Waals surface area contributed by atoms with Gasteiger partial charge in [0.15, 0.2) is 6.61 Å². The molecule has 0 aromatic heterocycles. The molecule has 1 amide bonds. The zero-order chi connectivity index (χ0) is 19.2. The van der Waals surface area contributed by atoms with Crippen molar-refractivity contribution in [3.05, 3.63) is 48.5 Å². The summed E-state index contributed by atoms with van der Waals surface area (Å²) >= 11 is 0. The molecule has 0 heterocycles. The molecule has 0 bridgehead atoms. The molecule has 0 aliphatic carbocycles. The Morgan fingerprint density at radius 1 is 1.04 bits per heavy atom. The minimum Gasteiger partial charge on any atom is -0.494 e. The summed E-state index contributed by atoms with van der Waals surface area (Å²) in [4.78, 5) is 12.1. The Morgan fingerprint density at radius 2 is 1.65 bits per heavy atom. The minimum atomic E-state index is -3.56. The first-order chi connectivity index (χ1) is 12.3. The highest BCUT2D eigenvalue weighted by Gasteiger charge is 2.17. The van der Waals surface area contributed by atoms with Crippen molar-refractivity contribution >= 4 is 21.6 Å². The lowest BCUT2D eigenvalue weighted by Gasteiger charge is -2.13. The van der Waals surface area contributed by atoms with Gasteiger partial charge in [-0.2, -0.15) is 0 Å². The molecule has 1 N–H and O–H groups in total. The average Bonchev–Trinajstić information content (AvgIpc) is 2.61. The van der Waals surface area contributed by atoms with Crippen molar-refractivity contribution in [2.24, 2.45) is 0 Å². The number of carbonyl (C=O) groups excluding carboxylic acids is 1. The summed E-state index contributed by atoms with van der Waals surface area (Å²) in [5.41, 5.74) is 0.383. The summed E-state index contributed by atoms with van der Waals surface area (Å²) in [5, 5.41) is 2.62. The molecule has 0 radical (unpaired) electrons. The number of hydrogen-bond donors (Lipinski definition) is 1. The Kier molecular flexibility index (Phi) is 6.59. The van der Waals surface area contributed by atoms with E-state index >= 15 is 0 Å². The van der Waals surface area contributed by atoms with E-state index in [1.54, 1.807) is 36.4 Å². The molecular formula is C18H22N2O5S. The van der Waals surface area contributed by atoms with Crippen molar-refractivity contribution in [2.45, 2.75) is 11.8 Å². The van der Waals surface area contributed by atoms with Gasteiger partial charge in [-0.25, -0.2) is 12.7 Å². The second-order valence-electron chi connectivity index (χ2n) is 5.56. The predicted molar refractivity (Wildman–Crippen MR) is 99.1 cm³/mol. The first kappa shape index (κ1) is 19.7. The van der Waals surface area contributed by atoms with Crippen LogP contribution in [0.1, 0.15) is 6.92 Å². The normalized spacial score (nSPS) is 11.2. The Morgan fingerprint density at radius 3 is 2.23 bits per heavy atom. The number of hydrogen-bond acceptors (Lipinski definition) is 5. The molecule has 2 rings (SSSR count). The van der Waals surface area contributed by atoms with E-state index in [1.807, 2.05) is 6.92 Å². The van der Waals surface area contributed by atoms with E-state index in [9.17, 15) is 13.2 Å². The van der Waals surface area contributed by atoms with Gasteiger partial charge in [0.2, 0.25) is 10.0 Å². The maximum absolute atomic E-state index is 12.1. The quantitative estimate of drug-likeness (QED) is 0.762. The molecule has 26 heavy (non-hydrogen) atoms. The van der Waals surface area contributed by atoms with E-state index in [4.69, 9.17) is 9.47 Å². The van der Waals surface area contributed by atoms with Gasteiger partial charge in [-0.05, 0) is 49.4 Å². The van der Waals surface area contributed by atoms with Crippen LogP contribution in [0.3, 0.4) is 0 Å². The maximum Gasteiger partial charge on any atom is 0.262 e. The molecule has 7 nitrogen and oxygen atoms in total. The summed E-state index contributed by atoms with van der Waals surface area (Å²) in [5.74, 6) is 0.869. The molecule has 0 spiro atoms. The molecule has 0 aliphatic rings. The number of anilines is 1. The van der Waals surface area contributed by atoms with E-state index in [1.165, 1.54) is 26.2 Å². The monoisotopic (exact) mass is 378 g/mol. The Labute approximate surface area is 153 Å². The van der Waals surface area contributed by atoms with Crippen LogP contribution < -0.4 is 14.8 Å². The summed E-state index contributed by atoms with van der Waals surface area (Å²) in [6, 6.07) is 13.0. The first-order valence-electron chi connectivity index (χ1n) is 8.01. The molecule has 0 aliphatic heterocycles. The number of carbonyl (C=O) groups is 1. The fourth-order valence-electron chi connectivity index (χ4n) is 2.09. The van der Waals surface area contributed by atoms with Gasteiger partial charge in [0.25, 0.3) is 5.91 Å². The van der Waals surface area contributed by atoms with E-state index in [-0.39, 0.29) is 11.5 Å². The van der Waals surface area contributed by atoms with Crippen LogP contribution in [0.2, 0.25) is 0 Å². The lowest BCUT2D eigenvalue weighted by Crippen LogP contribution is -2.23. The minimum absolute atomic E-state index is 0.104. The second-order valence-corrected chi connectivity index (χ2v) is 7.71. The predicted octanol–water partition coefficient (Wildman–Crippen LogP) is 2.35. The second kappa shape index (κ2) is 8.68. The topological polar surface area (TPSA) is 84.9 Å². The van der Waals surface area contributed by atoms with Crippen molar-refractivity contribution in [1.82, 2.24) is 4.31 Å². The van der Waals surface area contributed by atoms with Crippen molar-refractivity contribution < 1.29 is 22.7 Å². The molecular weight excluding hydrogens is 356 g/mol. The van der Waals surface area contributed by atoms with Crippen molar-refractivity contribution in [1.29, 1.82) is 0 Å². The fourth-order valence-corrected chi connectivity index (χ4v) is 3.04. The number of nitrogens with one attached hydrogen (secondary N) is 1. The highest BCUT2D eigenvalue weighted by atomic mass is 32.2. The standard InChI is InChI=1S/C18H22N2O5S/c1-4-24-15-8-10-16(11-9-15)25-13-18(21)19-14-6-5-7-17(12-14)26(22,23)20(2)3/h5-12H,4,13H2,1-3H3,(H,19,21). The maximum atomic E-state index is 12.1. The van der Waals surface area contributed by atoms with Crippen molar-refractivity contribution in [3.63, 3.8) is 0 Å².